The Labute approximate surface area is 145 Å². The number of fused-ring (bicyclic) bond motifs is 1. The second-order valence-electron chi connectivity index (χ2n) is 8.44. The van der Waals surface area contributed by atoms with Gasteiger partial charge in [0.25, 0.3) is 0 Å². The van der Waals surface area contributed by atoms with E-state index in [1.165, 1.54) is 57.2 Å². The molecule has 24 heavy (non-hydrogen) atoms. The molecular weight excluding hydrogens is 298 g/mol. The van der Waals surface area contributed by atoms with Gasteiger partial charge in [0.15, 0.2) is 0 Å². The lowest BCUT2D eigenvalue weighted by Crippen LogP contribution is -2.63. The van der Waals surface area contributed by atoms with Crippen molar-refractivity contribution in [2.45, 2.75) is 50.0 Å². The van der Waals surface area contributed by atoms with E-state index in [4.69, 9.17) is 9.47 Å². The molecule has 5 rings (SSSR count). The fourth-order valence-corrected chi connectivity index (χ4v) is 5.90. The molecule has 3 fully saturated rings. The Bertz CT molecular complexity index is 626. The Balaban J connectivity index is 1.53. The Kier molecular flexibility index (Phi) is 3.64. The summed E-state index contributed by atoms with van der Waals surface area (Å²) in [6.45, 7) is 4.44. The van der Waals surface area contributed by atoms with E-state index in [0.29, 0.717) is 0 Å². The summed E-state index contributed by atoms with van der Waals surface area (Å²) in [6.07, 6.45) is 8.06. The van der Waals surface area contributed by atoms with Gasteiger partial charge in [0.2, 0.25) is 0 Å². The molecule has 1 aromatic carbocycles. The lowest BCUT2D eigenvalue weighted by Gasteiger charge is -2.59. The fraction of sp³-hybridized carbons (Fsp3) is 0.714. The van der Waals surface area contributed by atoms with Gasteiger partial charge in [0.05, 0.1) is 13.7 Å². The van der Waals surface area contributed by atoms with Gasteiger partial charge in [0.1, 0.15) is 5.75 Å². The molecule has 1 saturated carbocycles. The van der Waals surface area contributed by atoms with Crippen LogP contribution in [-0.2, 0) is 16.6 Å². The fourth-order valence-electron chi connectivity index (χ4n) is 5.90. The predicted octanol–water partition coefficient (Wildman–Crippen LogP) is 3.40. The molecule has 0 amide bonds. The van der Waals surface area contributed by atoms with Crippen molar-refractivity contribution in [2.24, 2.45) is 11.8 Å². The molecule has 4 aliphatic rings. The first-order chi connectivity index (χ1) is 11.8. The summed E-state index contributed by atoms with van der Waals surface area (Å²) in [4.78, 5) is 2.85. The van der Waals surface area contributed by atoms with Crippen LogP contribution in [0, 0.1) is 11.8 Å². The first kappa shape index (κ1) is 15.2. The van der Waals surface area contributed by atoms with Crippen LogP contribution in [0.3, 0.4) is 0 Å². The van der Waals surface area contributed by atoms with Gasteiger partial charge < -0.3 is 9.47 Å². The molecule has 3 nitrogen and oxygen atoms in total. The Morgan fingerprint density at radius 3 is 3.00 bits per heavy atom. The van der Waals surface area contributed by atoms with Crippen LogP contribution in [0.5, 0.6) is 5.75 Å². The average molecular weight is 327 g/mol. The summed E-state index contributed by atoms with van der Waals surface area (Å²) in [6, 6.07) is 7.50. The van der Waals surface area contributed by atoms with Crippen molar-refractivity contribution in [3.05, 3.63) is 29.3 Å². The third-order valence-corrected chi connectivity index (χ3v) is 7.42. The Morgan fingerprint density at radius 2 is 2.21 bits per heavy atom. The first-order valence-corrected chi connectivity index (χ1v) is 9.79. The standard InChI is InChI=1S/C21H29NO2/c1-23-17-6-5-16-11-20-18-7-10-24-14-21(18,19(16)12-17)8-9-22(20)13-15-3-2-4-15/h5-6,12,15,18,20H,2-4,7-11,13-14H2,1H3/t18-,20+,21-/m0/s1. The molecule has 0 spiro atoms. The van der Waals surface area contributed by atoms with E-state index in [2.05, 4.69) is 23.1 Å². The van der Waals surface area contributed by atoms with Crippen LogP contribution < -0.4 is 4.74 Å². The highest BCUT2D eigenvalue weighted by atomic mass is 16.5. The molecule has 2 aliphatic carbocycles. The van der Waals surface area contributed by atoms with Crippen LogP contribution >= 0.6 is 0 Å². The highest BCUT2D eigenvalue weighted by molar-refractivity contribution is 5.45. The number of piperidine rings is 1. The molecule has 0 unspecified atom stereocenters. The van der Waals surface area contributed by atoms with Gasteiger partial charge in [-0.3, -0.25) is 4.90 Å². The van der Waals surface area contributed by atoms with Crippen LogP contribution in [0.2, 0.25) is 0 Å². The van der Waals surface area contributed by atoms with E-state index in [1.807, 2.05) is 0 Å². The van der Waals surface area contributed by atoms with Crippen molar-refractivity contribution < 1.29 is 9.47 Å². The topological polar surface area (TPSA) is 21.7 Å². The van der Waals surface area contributed by atoms with Crippen molar-refractivity contribution in [1.82, 2.24) is 4.90 Å². The minimum absolute atomic E-state index is 0.237. The van der Waals surface area contributed by atoms with Gasteiger partial charge in [-0.15, -0.1) is 0 Å². The summed E-state index contributed by atoms with van der Waals surface area (Å²) in [5.74, 6) is 2.73. The number of hydrogen-bond donors (Lipinski definition) is 0. The maximum atomic E-state index is 6.04. The molecule has 2 heterocycles. The summed E-state index contributed by atoms with van der Waals surface area (Å²) >= 11 is 0. The minimum atomic E-state index is 0.237. The summed E-state index contributed by atoms with van der Waals surface area (Å²) in [5, 5.41) is 0. The van der Waals surface area contributed by atoms with Gasteiger partial charge >= 0.3 is 0 Å². The molecule has 2 bridgehead atoms. The van der Waals surface area contributed by atoms with Crippen molar-refractivity contribution in [1.29, 1.82) is 0 Å². The van der Waals surface area contributed by atoms with Crippen LogP contribution in [0.4, 0.5) is 0 Å². The molecular formula is C21H29NO2. The van der Waals surface area contributed by atoms with Gasteiger partial charge in [-0.2, -0.15) is 0 Å². The van der Waals surface area contributed by atoms with Crippen LogP contribution in [0.15, 0.2) is 18.2 Å². The molecule has 0 radical (unpaired) electrons. The maximum absolute atomic E-state index is 6.04. The van der Waals surface area contributed by atoms with Gasteiger partial charge in [-0.05, 0) is 73.7 Å². The normalized spacial score (nSPS) is 35.7. The Morgan fingerprint density at radius 1 is 1.29 bits per heavy atom. The van der Waals surface area contributed by atoms with Crippen LogP contribution in [0.1, 0.15) is 43.2 Å². The zero-order valence-corrected chi connectivity index (χ0v) is 14.8. The molecule has 0 N–H and O–H groups in total. The zero-order valence-electron chi connectivity index (χ0n) is 14.8. The second kappa shape index (κ2) is 5.74. The lowest BCUT2D eigenvalue weighted by atomic mass is 9.56. The third kappa shape index (κ3) is 2.17. The van der Waals surface area contributed by atoms with E-state index in [9.17, 15) is 0 Å². The SMILES string of the molecule is COc1ccc2c(c1)[C@]13CCN(CC4CCC4)[C@H](C2)[C@@H]1CCOC3. The number of rotatable bonds is 3. The number of hydrogen-bond acceptors (Lipinski definition) is 3. The van der Waals surface area contributed by atoms with Crippen LogP contribution in [0.25, 0.3) is 0 Å². The lowest BCUT2D eigenvalue weighted by molar-refractivity contribution is -0.0880. The molecule has 0 aromatic heterocycles. The molecule has 3 heteroatoms. The summed E-state index contributed by atoms with van der Waals surface area (Å²) < 4.78 is 11.6. The largest absolute Gasteiger partial charge is 0.497 e. The summed E-state index contributed by atoms with van der Waals surface area (Å²) in [5.41, 5.74) is 3.31. The smallest absolute Gasteiger partial charge is 0.119 e. The molecule has 2 saturated heterocycles. The highest BCUT2D eigenvalue weighted by Gasteiger charge is 2.54. The van der Waals surface area contributed by atoms with E-state index < -0.39 is 0 Å². The third-order valence-electron chi connectivity index (χ3n) is 7.42. The average Bonchev–Trinajstić information content (AvgIpc) is 2.59. The zero-order chi connectivity index (χ0) is 16.1. The van der Waals surface area contributed by atoms with Crippen molar-refractivity contribution in [2.75, 3.05) is 33.4 Å². The van der Waals surface area contributed by atoms with E-state index in [-0.39, 0.29) is 5.41 Å². The van der Waals surface area contributed by atoms with Gasteiger partial charge in [-0.1, -0.05) is 12.5 Å². The second-order valence-corrected chi connectivity index (χ2v) is 8.44. The van der Waals surface area contributed by atoms with Gasteiger partial charge in [-0.25, -0.2) is 0 Å². The van der Waals surface area contributed by atoms with E-state index >= 15 is 0 Å². The predicted molar refractivity (Wildman–Crippen MR) is 94.6 cm³/mol. The van der Waals surface area contributed by atoms with E-state index in [0.717, 1.165) is 36.8 Å². The van der Waals surface area contributed by atoms with Gasteiger partial charge in [0, 0.05) is 24.6 Å². The van der Waals surface area contributed by atoms with Crippen molar-refractivity contribution >= 4 is 0 Å². The molecule has 1 aromatic rings. The number of nitrogens with zero attached hydrogens (tertiary/aromatic N) is 1. The quantitative estimate of drug-likeness (QED) is 0.849. The molecule has 130 valence electrons. The molecule has 3 atom stereocenters. The van der Waals surface area contributed by atoms with Crippen molar-refractivity contribution in [3.8, 4) is 5.75 Å². The summed E-state index contributed by atoms with van der Waals surface area (Å²) in [7, 11) is 1.78. The monoisotopic (exact) mass is 327 g/mol. The first-order valence-electron chi connectivity index (χ1n) is 9.79. The minimum Gasteiger partial charge on any atom is -0.497 e. The Hall–Kier alpha value is -1.06. The van der Waals surface area contributed by atoms with Crippen LogP contribution in [-0.4, -0.2) is 44.4 Å². The number of likely N-dealkylation sites (tertiary alicyclic amines) is 1. The molecule has 2 aliphatic heterocycles. The van der Waals surface area contributed by atoms with Crippen molar-refractivity contribution in [3.63, 3.8) is 0 Å². The number of methoxy groups -OCH3 is 1. The maximum Gasteiger partial charge on any atom is 0.119 e. The highest BCUT2D eigenvalue weighted by Crippen LogP contribution is 2.53. The number of benzene rings is 1. The van der Waals surface area contributed by atoms with E-state index in [1.54, 1.807) is 12.7 Å². The number of ether oxygens (including phenoxy) is 2.